The monoisotopic (exact) mass is 236 g/mol. The molecule has 0 radical (unpaired) electrons. The van der Waals surface area contributed by atoms with Gasteiger partial charge in [0.25, 0.3) is 0 Å². The molecule has 1 fully saturated rings. The Bertz CT molecular complexity index is 352. The number of nitrogens with two attached hydrogens (primary N) is 1. The van der Waals surface area contributed by atoms with Gasteiger partial charge in [0, 0.05) is 18.3 Å². The van der Waals surface area contributed by atoms with Crippen LogP contribution in [0.3, 0.4) is 0 Å². The molecule has 1 unspecified atom stereocenters. The van der Waals surface area contributed by atoms with Crippen LogP contribution >= 0.6 is 0 Å². The molecule has 0 spiro atoms. The second kappa shape index (κ2) is 5.19. The Morgan fingerprint density at radius 3 is 2.65 bits per heavy atom. The van der Waals surface area contributed by atoms with E-state index in [1.807, 2.05) is 10.9 Å². The van der Waals surface area contributed by atoms with E-state index in [9.17, 15) is 0 Å². The van der Waals surface area contributed by atoms with Gasteiger partial charge in [0.15, 0.2) is 0 Å². The van der Waals surface area contributed by atoms with Gasteiger partial charge in [-0.05, 0) is 31.6 Å². The van der Waals surface area contributed by atoms with Crippen LogP contribution in [0.25, 0.3) is 0 Å². The van der Waals surface area contributed by atoms with E-state index in [4.69, 9.17) is 5.84 Å². The van der Waals surface area contributed by atoms with E-state index < -0.39 is 0 Å². The highest BCUT2D eigenvalue weighted by atomic mass is 15.3. The summed E-state index contributed by atoms with van der Waals surface area (Å²) in [6.45, 7) is 5.29. The number of nitrogens with one attached hydrogen (secondary N) is 1. The van der Waals surface area contributed by atoms with Crippen LogP contribution in [0.2, 0.25) is 0 Å². The molecular weight excluding hydrogens is 212 g/mol. The van der Waals surface area contributed by atoms with Crippen molar-refractivity contribution in [2.45, 2.75) is 58.5 Å². The van der Waals surface area contributed by atoms with E-state index in [-0.39, 0.29) is 6.04 Å². The van der Waals surface area contributed by atoms with Crippen molar-refractivity contribution >= 4 is 0 Å². The van der Waals surface area contributed by atoms with E-state index in [0.717, 1.165) is 6.54 Å². The molecule has 0 aromatic carbocycles. The maximum absolute atomic E-state index is 5.81. The lowest BCUT2D eigenvalue weighted by atomic mass is 9.74. The van der Waals surface area contributed by atoms with Gasteiger partial charge in [0.05, 0.1) is 12.2 Å². The molecule has 4 heteroatoms. The minimum atomic E-state index is 0.246. The third-order valence-electron chi connectivity index (χ3n) is 4.39. The molecule has 3 N–H and O–H groups in total. The maximum atomic E-state index is 5.81. The van der Waals surface area contributed by atoms with Gasteiger partial charge in [-0.25, -0.2) is 0 Å². The molecule has 1 aliphatic rings. The second-order valence-electron chi connectivity index (χ2n) is 5.15. The van der Waals surface area contributed by atoms with Crippen molar-refractivity contribution in [2.24, 2.45) is 11.3 Å². The van der Waals surface area contributed by atoms with Crippen molar-refractivity contribution in [2.75, 3.05) is 0 Å². The summed E-state index contributed by atoms with van der Waals surface area (Å²) < 4.78 is 1.97. The predicted octanol–water partition coefficient (Wildman–Crippen LogP) is 2.38. The largest absolute Gasteiger partial charge is 0.273 e. The molecule has 1 atom stereocenters. The lowest BCUT2D eigenvalue weighted by Gasteiger charge is -2.36. The quantitative estimate of drug-likeness (QED) is 0.609. The third kappa shape index (κ3) is 2.24. The zero-order valence-electron chi connectivity index (χ0n) is 10.9. The summed E-state index contributed by atoms with van der Waals surface area (Å²) in [5, 5.41) is 4.36. The normalized spacial score (nSPS) is 20.6. The van der Waals surface area contributed by atoms with E-state index in [1.165, 1.54) is 37.7 Å². The molecule has 0 aliphatic heterocycles. The molecule has 1 saturated carbocycles. The molecule has 1 aromatic heterocycles. The Morgan fingerprint density at radius 1 is 1.47 bits per heavy atom. The molecule has 0 saturated heterocycles. The maximum Gasteiger partial charge on any atom is 0.0547 e. The summed E-state index contributed by atoms with van der Waals surface area (Å²) in [7, 11) is 0. The zero-order valence-corrected chi connectivity index (χ0v) is 10.9. The minimum Gasteiger partial charge on any atom is -0.273 e. The Hall–Kier alpha value is -0.870. The lowest BCUT2D eigenvalue weighted by Crippen LogP contribution is -2.39. The van der Waals surface area contributed by atoms with Crippen LogP contribution in [-0.2, 0) is 6.54 Å². The van der Waals surface area contributed by atoms with Gasteiger partial charge in [-0.15, -0.1) is 0 Å². The molecule has 17 heavy (non-hydrogen) atoms. The predicted molar refractivity (Wildman–Crippen MR) is 69.2 cm³/mol. The number of rotatable bonds is 5. The zero-order chi connectivity index (χ0) is 12.3. The smallest absolute Gasteiger partial charge is 0.0547 e. The Morgan fingerprint density at radius 2 is 2.18 bits per heavy atom. The summed E-state index contributed by atoms with van der Waals surface area (Å²) in [5.41, 5.74) is 4.60. The summed E-state index contributed by atoms with van der Waals surface area (Å²) >= 11 is 0. The average molecular weight is 236 g/mol. The molecule has 0 amide bonds. The topological polar surface area (TPSA) is 55.9 Å². The standard InChI is InChI=1S/C13H24N4/c1-3-13(7-5-6-8-13)12(16-14)11-9-15-17(4-2)10-11/h9-10,12,16H,3-8,14H2,1-2H3. The van der Waals surface area contributed by atoms with E-state index in [0.29, 0.717) is 5.41 Å². The highest BCUT2D eigenvalue weighted by Gasteiger charge is 2.40. The molecule has 96 valence electrons. The van der Waals surface area contributed by atoms with Crippen molar-refractivity contribution in [3.63, 3.8) is 0 Å². The van der Waals surface area contributed by atoms with Gasteiger partial charge in [-0.3, -0.25) is 16.0 Å². The Balaban J connectivity index is 2.25. The first-order chi connectivity index (χ1) is 8.25. The van der Waals surface area contributed by atoms with E-state index in [1.54, 1.807) is 0 Å². The van der Waals surface area contributed by atoms with Crippen molar-refractivity contribution in [3.05, 3.63) is 18.0 Å². The highest BCUT2D eigenvalue weighted by molar-refractivity contribution is 5.15. The fourth-order valence-electron chi connectivity index (χ4n) is 3.25. The summed E-state index contributed by atoms with van der Waals surface area (Å²) in [6, 6.07) is 0.246. The third-order valence-corrected chi connectivity index (χ3v) is 4.39. The summed E-state index contributed by atoms with van der Waals surface area (Å²) in [5.74, 6) is 5.81. The van der Waals surface area contributed by atoms with Crippen LogP contribution in [0.1, 0.15) is 57.6 Å². The fraction of sp³-hybridized carbons (Fsp3) is 0.769. The van der Waals surface area contributed by atoms with Crippen LogP contribution < -0.4 is 11.3 Å². The van der Waals surface area contributed by atoms with Gasteiger partial charge in [0.2, 0.25) is 0 Å². The van der Waals surface area contributed by atoms with E-state index in [2.05, 4.69) is 30.6 Å². The first kappa shape index (κ1) is 12.6. The van der Waals surface area contributed by atoms with Gasteiger partial charge in [0.1, 0.15) is 0 Å². The van der Waals surface area contributed by atoms with Crippen LogP contribution in [0, 0.1) is 5.41 Å². The van der Waals surface area contributed by atoms with E-state index >= 15 is 0 Å². The molecule has 1 aromatic rings. The van der Waals surface area contributed by atoms with Crippen LogP contribution in [0.4, 0.5) is 0 Å². The highest BCUT2D eigenvalue weighted by Crippen LogP contribution is 2.49. The number of aromatic nitrogens is 2. The minimum absolute atomic E-state index is 0.246. The number of hydrogen-bond acceptors (Lipinski definition) is 3. The number of nitrogens with zero attached hydrogens (tertiary/aromatic N) is 2. The second-order valence-corrected chi connectivity index (χ2v) is 5.15. The Labute approximate surface area is 104 Å². The van der Waals surface area contributed by atoms with Gasteiger partial charge < -0.3 is 0 Å². The number of hydrogen-bond donors (Lipinski definition) is 2. The fourth-order valence-corrected chi connectivity index (χ4v) is 3.25. The van der Waals surface area contributed by atoms with Gasteiger partial charge >= 0.3 is 0 Å². The molecule has 2 rings (SSSR count). The molecule has 1 aliphatic carbocycles. The Kier molecular flexibility index (Phi) is 3.84. The lowest BCUT2D eigenvalue weighted by molar-refractivity contribution is 0.188. The van der Waals surface area contributed by atoms with Crippen LogP contribution in [-0.4, -0.2) is 9.78 Å². The SMILES string of the molecule is CCn1cc(C(NN)C2(CC)CCCC2)cn1. The number of hydrazine groups is 1. The summed E-state index contributed by atoms with van der Waals surface area (Å²) in [6.07, 6.45) is 10.5. The average Bonchev–Trinajstić information content (AvgIpc) is 3.00. The molecular formula is C13H24N4. The van der Waals surface area contributed by atoms with Crippen molar-refractivity contribution in [1.82, 2.24) is 15.2 Å². The van der Waals surface area contributed by atoms with Crippen LogP contribution in [0.15, 0.2) is 12.4 Å². The first-order valence-electron chi connectivity index (χ1n) is 6.74. The van der Waals surface area contributed by atoms with Gasteiger partial charge in [-0.2, -0.15) is 5.10 Å². The van der Waals surface area contributed by atoms with Crippen molar-refractivity contribution in [3.8, 4) is 0 Å². The first-order valence-corrected chi connectivity index (χ1v) is 6.74. The molecule has 1 heterocycles. The van der Waals surface area contributed by atoms with Crippen molar-refractivity contribution < 1.29 is 0 Å². The van der Waals surface area contributed by atoms with Gasteiger partial charge in [-0.1, -0.05) is 19.8 Å². The summed E-state index contributed by atoms with van der Waals surface area (Å²) in [4.78, 5) is 0. The van der Waals surface area contributed by atoms with Crippen molar-refractivity contribution in [1.29, 1.82) is 0 Å². The van der Waals surface area contributed by atoms with Crippen LogP contribution in [0.5, 0.6) is 0 Å². The number of aryl methyl sites for hydroxylation is 1. The molecule has 0 bridgehead atoms. The molecule has 4 nitrogen and oxygen atoms in total.